The van der Waals surface area contributed by atoms with E-state index < -0.39 is 0 Å². The van der Waals surface area contributed by atoms with Gasteiger partial charge in [-0.2, -0.15) is 0 Å². The highest BCUT2D eigenvalue weighted by atomic mass is 33.0. The molecule has 0 radical (unpaired) electrons. The van der Waals surface area contributed by atoms with Crippen LogP contribution >= 0.6 is 232 Å². The Morgan fingerprint density at radius 1 is 0.706 bits per heavy atom. The minimum atomic E-state index is -0.167. The van der Waals surface area contributed by atoms with Crippen LogP contribution in [0.3, 0.4) is 0 Å². The maximum Gasteiger partial charge on any atom is 0.0161 e. The van der Waals surface area contributed by atoms with Crippen molar-refractivity contribution in [2.75, 3.05) is 0 Å². The number of fused-ring (bicyclic) bond motifs is 5. The van der Waals surface area contributed by atoms with Gasteiger partial charge in [0.05, 0.1) is 0 Å². The molecule has 0 amide bonds. The van der Waals surface area contributed by atoms with Gasteiger partial charge in [0, 0.05) is 10.6 Å². The highest BCUT2D eigenvalue weighted by molar-refractivity contribution is 8.99. The normalized spacial score (nSPS) is 39.1. The van der Waals surface area contributed by atoms with Gasteiger partial charge in [0.25, 0.3) is 0 Å². The van der Waals surface area contributed by atoms with Gasteiger partial charge in [-0.15, -0.1) is 143 Å². The van der Waals surface area contributed by atoms with Gasteiger partial charge in [0.15, 0.2) is 0 Å². The smallest absolute Gasteiger partial charge is 0.0161 e. The van der Waals surface area contributed by atoms with E-state index >= 15 is 0 Å². The lowest BCUT2D eigenvalue weighted by atomic mass is 9.51. The van der Waals surface area contributed by atoms with E-state index in [1.54, 1.807) is 0 Å². The lowest BCUT2D eigenvalue weighted by Crippen LogP contribution is -2.65. The Bertz CT molecular complexity index is 1100. The van der Waals surface area contributed by atoms with Gasteiger partial charge in [-0.1, -0.05) is 52.6 Å². The van der Waals surface area contributed by atoms with E-state index in [0.717, 1.165) is 76.2 Å². The fourth-order valence-electron chi connectivity index (χ4n) is 11.1. The SMILES string of the molecule is CC(C)(CCC(P(P)P(P)P)P(P(P)P)P(P)P)C1CCC2C3C(P(PP)P(P)P)C(P(P)P)C4CC(P)CCC4(PP)C3CCC21P(P)PP. The molecule has 300 valence electrons. The number of hydrogen-bond acceptors (Lipinski definition) is 0. The zero-order valence-corrected chi connectivity index (χ0v) is 59.3. The second-order valence-corrected chi connectivity index (χ2v) is 93.7. The van der Waals surface area contributed by atoms with Crippen LogP contribution in [0.1, 0.15) is 71.6 Å². The van der Waals surface area contributed by atoms with Gasteiger partial charge in [0.2, 0.25) is 0 Å². The van der Waals surface area contributed by atoms with Crippen LogP contribution in [-0.2, 0) is 0 Å². The summed E-state index contributed by atoms with van der Waals surface area (Å²) in [6.07, 6.45) is 13.2. The molecule has 0 aromatic heterocycles. The molecule has 4 aliphatic carbocycles. The molecule has 4 rings (SSSR count). The second-order valence-electron chi connectivity index (χ2n) is 15.4. The molecule has 0 aliphatic heterocycles. The highest BCUT2D eigenvalue weighted by Gasteiger charge is 2.70. The first-order valence-corrected chi connectivity index (χ1v) is 62.5. The molecular weight excluding hydrogens is 1140 g/mol. The van der Waals surface area contributed by atoms with E-state index in [9.17, 15) is 0 Å². The predicted molar refractivity (Wildman–Crippen MR) is 336 cm³/mol. The van der Waals surface area contributed by atoms with Crippen LogP contribution in [0.4, 0.5) is 0 Å². The molecule has 33 atom stereocenters. The monoisotopic (exact) mass is 1210 g/mol. The van der Waals surface area contributed by atoms with Crippen LogP contribution in [0.25, 0.3) is 0 Å². The molecule has 4 fully saturated rings. The molecule has 0 aromatic carbocycles. The van der Waals surface area contributed by atoms with Gasteiger partial charge in [0.1, 0.15) is 0 Å². The van der Waals surface area contributed by atoms with E-state index in [1.165, 1.54) is 57.8 Å². The minimum absolute atomic E-state index is 0.0142. The second kappa shape index (κ2) is 25.1. The first kappa shape index (κ1) is 55.6. The molecule has 0 nitrogen and oxygen atoms in total. The van der Waals surface area contributed by atoms with E-state index in [2.05, 4.69) is 157 Å². The van der Waals surface area contributed by atoms with Gasteiger partial charge in [-0.05, 0) is 165 Å². The van der Waals surface area contributed by atoms with Crippen LogP contribution in [0, 0.1) is 35.0 Å². The number of hydrogen-bond donors (Lipinski definition) is 0. The molecule has 4 saturated carbocycles. The maximum atomic E-state index is 3.63. The van der Waals surface area contributed by atoms with Gasteiger partial charge >= 0.3 is 0 Å². The van der Waals surface area contributed by atoms with E-state index in [0.29, 0.717) is 15.7 Å². The van der Waals surface area contributed by atoms with Crippen molar-refractivity contribution in [3.8, 4) is 0 Å². The zero-order chi connectivity index (χ0) is 38.4. The topological polar surface area (TPSA) is 0 Å². The molecule has 4 aliphatic rings. The number of rotatable bonds is 16. The molecule has 0 bridgehead atoms. The first-order chi connectivity index (χ1) is 23.8. The average Bonchev–Trinajstić information content (AvgIpc) is 3.47. The Morgan fingerprint density at radius 2 is 1.33 bits per heavy atom. The van der Waals surface area contributed by atoms with Crippen LogP contribution in [-0.4, -0.2) is 32.7 Å². The summed E-state index contributed by atoms with van der Waals surface area (Å²) in [7, 11) is 56.5. The van der Waals surface area contributed by atoms with E-state index in [4.69, 9.17) is 0 Å². The third-order valence-electron chi connectivity index (χ3n) is 12.9. The standard InChI is InChI=1S/C23H68P28/c1-21(2,8-7-17(44(30)48(32)33)46(50(36)37)51(38)39)16-4-3-14-18-13(6-10-23(14,16)47(31)42-27)22(40-25)9-5-12(24)11-15(22)19(43(28)29)20(18)45(41-26)49(34)35/h12-20,40-42H,3-11,24-39H2,1-2H3. The maximum absolute atomic E-state index is 3.63. The third kappa shape index (κ3) is 12.4. The largest absolute Gasteiger partial charge is 0.134 e. The molecule has 51 heavy (non-hydrogen) atoms. The van der Waals surface area contributed by atoms with Crippen molar-refractivity contribution in [1.29, 1.82) is 0 Å². The van der Waals surface area contributed by atoms with Crippen molar-refractivity contribution in [3.63, 3.8) is 0 Å². The summed E-state index contributed by atoms with van der Waals surface area (Å²) < 4.78 is 0. The van der Waals surface area contributed by atoms with Crippen LogP contribution in [0.15, 0.2) is 0 Å². The van der Waals surface area contributed by atoms with Gasteiger partial charge < -0.3 is 0 Å². The summed E-state index contributed by atoms with van der Waals surface area (Å²) in [4.78, 5) is 0. The van der Waals surface area contributed by atoms with Crippen molar-refractivity contribution >= 4 is 232 Å². The Hall–Kier alpha value is 12.0. The van der Waals surface area contributed by atoms with Crippen LogP contribution < -0.4 is 0 Å². The molecule has 0 N–H and O–H groups in total. The van der Waals surface area contributed by atoms with Crippen molar-refractivity contribution in [2.24, 2.45) is 35.0 Å². The highest BCUT2D eigenvalue weighted by Crippen LogP contribution is 3.05. The lowest BCUT2D eigenvalue weighted by Gasteiger charge is -2.69. The Kier molecular flexibility index (Phi) is 27.3. The molecule has 28 heteroatoms. The fraction of sp³-hybridized carbons (Fsp3) is 1.00. The summed E-state index contributed by atoms with van der Waals surface area (Å²) >= 11 is 0. The quantitative estimate of drug-likeness (QED) is 0.135. The average molecular weight is 1210 g/mol. The molecule has 0 aromatic rings. The van der Waals surface area contributed by atoms with Crippen molar-refractivity contribution in [2.45, 2.75) is 104 Å². The van der Waals surface area contributed by atoms with E-state index in [1.807, 2.05) is 0 Å². The predicted octanol–water partition coefficient (Wildman–Crippen LogP) is 19.2. The van der Waals surface area contributed by atoms with Crippen LogP contribution in [0.5, 0.6) is 0 Å². The summed E-state index contributed by atoms with van der Waals surface area (Å²) in [6.45, 7) is 5.23. The van der Waals surface area contributed by atoms with E-state index in [-0.39, 0.29) is 64.4 Å². The minimum Gasteiger partial charge on any atom is -0.134 e. The summed E-state index contributed by atoms with van der Waals surface area (Å²) in [6, 6.07) is 0. The first-order valence-electron chi connectivity index (χ1n) is 17.1. The Morgan fingerprint density at radius 3 is 1.82 bits per heavy atom. The zero-order valence-electron chi connectivity index (χ0n) is 29.8. The van der Waals surface area contributed by atoms with Crippen molar-refractivity contribution in [3.05, 3.63) is 0 Å². The van der Waals surface area contributed by atoms with Gasteiger partial charge in [-0.3, -0.25) is 0 Å². The third-order valence-corrected chi connectivity index (χ3v) is 101. The Labute approximate surface area is 367 Å². The molecule has 33 unspecified atom stereocenters. The van der Waals surface area contributed by atoms with Gasteiger partial charge in [-0.25, -0.2) is 0 Å². The molecular formula is C23H68P28. The summed E-state index contributed by atoms with van der Waals surface area (Å²) in [5.41, 5.74) is 3.00. The van der Waals surface area contributed by atoms with Crippen molar-refractivity contribution < 1.29 is 0 Å². The summed E-state index contributed by atoms with van der Waals surface area (Å²) in [5.74, 6) is 4.53. The van der Waals surface area contributed by atoms with Crippen LogP contribution in [0.2, 0.25) is 0 Å². The molecule has 0 spiro atoms. The fourth-order valence-corrected chi connectivity index (χ4v) is 115. The molecule has 0 saturated heterocycles. The lowest BCUT2D eigenvalue weighted by molar-refractivity contribution is 0.000977. The molecule has 0 heterocycles. The summed E-state index contributed by atoms with van der Waals surface area (Å²) in [5, 5.41) is 1.95. The van der Waals surface area contributed by atoms with Crippen molar-refractivity contribution in [1.82, 2.24) is 0 Å². The Balaban J connectivity index is 1.83.